The fourth-order valence-electron chi connectivity index (χ4n) is 2.89. The molecule has 4 rings (SSSR count). The minimum atomic E-state index is -1.29. The summed E-state index contributed by atoms with van der Waals surface area (Å²) in [4.78, 5) is 4.72. The molecule has 0 amide bonds. The molecule has 114 valence electrons. The van der Waals surface area contributed by atoms with Crippen molar-refractivity contribution in [1.82, 2.24) is 4.98 Å². The van der Waals surface area contributed by atoms with Gasteiger partial charge in [0.15, 0.2) is 0 Å². The standard InChI is InChI=1S/C20H19NSSi/c1-23(2,3)15-9-10-18(21-13-15)14-8-11-20-17(12-14)16-6-4-5-7-19(16)22-20/h4-13H,1-3H3. The molecular formula is C20H19NSSi. The van der Waals surface area contributed by atoms with Gasteiger partial charge in [0.1, 0.15) is 0 Å². The molecule has 0 unspecified atom stereocenters. The highest BCUT2D eigenvalue weighted by molar-refractivity contribution is 7.25. The van der Waals surface area contributed by atoms with Crippen molar-refractivity contribution >= 4 is 44.8 Å². The molecule has 4 aromatic rings. The third-order valence-corrected chi connectivity index (χ3v) is 7.48. The van der Waals surface area contributed by atoms with Crippen LogP contribution in [0.5, 0.6) is 0 Å². The summed E-state index contributed by atoms with van der Waals surface area (Å²) < 4.78 is 2.69. The summed E-state index contributed by atoms with van der Waals surface area (Å²) >= 11 is 1.86. The van der Waals surface area contributed by atoms with Crippen LogP contribution in [0.3, 0.4) is 0 Å². The highest BCUT2D eigenvalue weighted by Gasteiger charge is 2.16. The van der Waals surface area contributed by atoms with Crippen molar-refractivity contribution in [2.24, 2.45) is 0 Å². The lowest BCUT2D eigenvalue weighted by molar-refractivity contribution is 1.34. The van der Waals surface area contributed by atoms with Crippen LogP contribution in [0.15, 0.2) is 60.8 Å². The maximum absolute atomic E-state index is 4.72. The second kappa shape index (κ2) is 5.29. The number of pyridine rings is 1. The highest BCUT2D eigenvalue weighted by Crippen LogP contribution is 2.35. The van der Waals surface area contributed by atoms with E-state index in [-0.39, 0.29) is 0 Å². The lowest BCUT2D eigenvalue weighted by atomic mass is 10.1. The highest BCUT2D eigenvalue weighted by atomic mass is 32.1. The molecule has 0 saturated heterocycles. The zero-order valence-corrected chi connectivity index (χ0v) is 15.4. The second-order valence-electron chi connectivity index (χ2n) is 6.99. The van der Waals surface area contributed by atoms with Gasteiger partial charge in [-0.15, -0.1) is 11.3 Å². The Morgan fingerprint density at radius 3 is 2.35 bits per heavy atom. The normalized spacial score (nSPS) is 12.1. The van der Waals surface area contributed by atoms with Crippen molar-refractivity contribution in [2.45, 2.75) is 19.6 Å². The summed E-state index contributed by atoms with van der Waals surface area (Å²) in [6.07, 6.45) is 2.07. The minimum absolute atomic E-state index is 1.06. The Morgan fingerprint density at radius 2 is 1.61 bits per heavy atom. The number of rotatable bonds is 2. The SMILES string of the molecule is C[Si](C)(C)c1ccc(-c2ccc3sc4ccccc4c3c2)nc1. The van der Waals surface area contributed by atoms with Gasteiger partial charge in [-0.25, -0.2) is 0 Å². The van der Waals surface area contributed by atoms with Crippen molar-refractivity contribution < 1.29 is 0 Å². The van der Waals surface area contributed by atoms with Crippen molar-refractivity contribution in [1.29, 1.82) is 0 Å². The van der Waals surface area contributed by atoms with E-state index in [1.165, 1.54) is 30.9 Å². The van der Waals surface area contributed by atoms with E-state index in [9.17, 15) is 0 Å². The van der Waals surface area contributed by atoms with Crippen LogP contribution in [-0.4, -0.2) is 13.1 Å². The van der Waals surface area contributed by atoms with Crippen molar-refractivity contribution in [2.75, 3.05) is 0 Å². The van der Waals surface area contributed by atoms with E-state index < -0.39 is 8.07 Å². The second-order valence-corrected chi connectivity index (χ2v) is 13.2. The van der Waals surface area contributed by atoms with Crippen molar-refractivity contribution in [3.63, 3.8) is 0 Å². The molecule has 0 fully saturated rings. The van der Waals surface area contributed by atoms with E-state index in [2.05, 4.69) is 80.4 Å². The third-order valence-electron chi connectivity index (χ3n) is 4.30. The minimum Gasteiger partial charge on any atom is -0.256 e. The first-order chi connectivity index (χ1) is 11.0. The van der Waals surface area contributed by atoms with E-state index in [1.54, 1.807) is 0 Å². The number of hydrogen-bond donors (Lipinski definition) is 0. The van der Waals surface area contributed by atoms with Crippen LogP contribution in [0.25, 0.3) is 31.4 Å². The fourth-order valence-corrected chi connectivity index (χ4v) is 5.02. The molecule has 0 N–H and O–H groups in total. The average molecular weight is 334 g/mol. The van der Waals surface area contributed by atoms with E-state index in [4.69, 9.17) is 4.98 Å². The Kier molecular flexibility index (Phi) is 3.36. The molecule has 0 aliphatic rings. The molecule has 0 bridgehead atoms. The fraction of sp³-hybridized carbons (Fsp3) is 0.150. The van der Waals surface area contributed by atoms with Gasteiger partial charge in [-0.2, -0.15) is 0 Å². The van der Waals surface area contributed by atoms with Gasteiger partial charge in [0.05, 0.1) is 13.8 Å². The number of aromatic nitrogens is 1. The van der Waals surface area contributed by atoms with Gasteiger partial charge >= 0.3 is 0 Å². The van der Waals surface area contributed by atoms with Crippen LogP contribution in [0.2, 0.25) is 19.6 Å². The van der Waals surface area contributed by atoms with E-state index in [0.29, 0.717) is 0 Å². The Morgan fingerprint density at radius 1 is 0.826 bits per heavy atom. The zero-order chi connectivity index (χ0) is 16.0. The van der Waals surface area contributed by atoms with Crippen molar-refractivity contribution in [3.05, 3.63) is 60.8 Å². The van der Waals surface area contributed by atoms with Crippen LogP contribution in [0.1, 0.15) is 0 Å². The van der Waals surface area contributed by atoms with Gasteiger partial charge < -0.3 is 0 Å². The maximum Gasteiger partial charge on any atom is 0.0796 e. The third kappa shape index (κ3) is 2.60. The smallest absolute Gasteiger partial charge is 0.0796 e. The zero-order valence-electron chi connectivity index (χ0n) is 13.6. The molecule has 2 aromatic heterocycles. The molecule has 0 aliphatic heterocycles. The van der Waals surface area contributed by atoms with E-state index in [1.807, 2.05) is 11.3 Å². The lowest BCUT2D eigenvalue weighted by Gasteiger charge is -2.16. The van der Waals surface area contributed by atoms with Gasteiger partial charge in [-0.1, -0.05) is 50.0 Å². The molecule has 0 aliphatic carbocycles. The molecule has 0 spiro atoms. The number of thiophene rings is 1. The largest absolute Gasteiger partial charge is 0.256 e. The molecule has 2 aromatic carbocycles. The predicted molar refractivity (Wildman–Crippen MR) is 106 cm³/mol. The van der Waals surface area contributed by atoms with Crippen LogP contribution in [0.4, 0.5) is 0 Å². The number of benzene rings is 2. The molecule has 0 atom stereocenters. The predicted octanol–water partition coefficient (Wildman–Crippen LogP) is 5.66. The number of fused-ring (bicyclic) bond motifs is 3. The first-order valence-electron chi connectivity index (χ1n) is 7.90. The summed E-state index contributed by atoms with van der Waals surface area (Å²) in [6.45, 7) is 7.06. The topological polar surface area (TPSA) is 12.9 Å². The monoisotopic (exact) mass is 333 g/mol. The molecule has 3 heteroatoms. The molecular weight excluding hydrogens is 314 g/mol. The summed E-state index contributed by atoms with van der Waals surface area (Å²) in [5.41, 5.74) is 2.26. The number of hydrogen-bond acceptors (Lipinski definition) is 2. The quantitative estimate of drug-likeness (QED) is 0.431. The van der Waals surface area contributed by atoms with Gasteiger partial charge in [-0.05, 0) is 29.5 Å². The molecule has 1 nitrogen and oxygen atoms in total. The van der Waals surface area contributed by atoms with Crippen LogP contribution >= 0.6 is 11.3 Å². The average Bonchev–Trinajstić information content (AvgIpc) is 2.92. The first-order valence-corrected chi connectivity index (χ1v) is 12.2. The van der Waals surface area contributed by atoms with Gasteiger partial charge in [0.25, 0.3) is 0 Å². The molecule has 0 radical (unpaired) electrons. The molecule has 23 heavy (non-hydrogen) atoms. The first kappa shape index (κ1) is 14.6. The summed E-state index contributed by atoms with van der Waals surface area (Å²) in [7, 11) is -1.29. The van der Waals surface area contributed by atoms with E-state index in [0.717, 1.165) is 5.69 Å². The van der Waals surface area contributed by atoms with Gasteiger partial charge in [0, 0.05) is 31.9 Å². The van der Waals surface area contributed by atoms with Gasteiger partial charge in [-0.3, -0.25) is 4.98 Å². The van der Waals surface area contributed by atoms with Crippen LogP contribution in [-0.2, 0) is 0 Å². The Hall–Kier alpha value is -1.97. The summed E-state index contributed by atoms with van der Waals surface area (Å²) in [5, 5.41) is 4.08. The molecule has 2 heterocycles. The summed E-state index contributed by atoms with van der Waals surface area (Å²) in [5.74, 6) is 0. The molecule has 0 saturated carbocycles. The Labute approximate surface area is 141 Å². The number of nitrogens with zero attached hydrogens (tertiary/aromatic N) is 1. The van der Waals surface area contributed by atoms with Crippen LogP contribution < -0.4 is 5.19 Å². The van der Waals surface area contributed by atoms with Gasteiger partial charge in [0.2, 0.25) is 0 Å². The summed E-state index contributed by atoms with van der Waals surface area (Å²) in [6, 6.07) is 19.7. The Balaban J connectivity index is 1.84. The Bertz CT molecular complexity index is 994. The van der Waals surface area contributed by atoms with Crippen molar-refractivity contribution in [3.8, 4) is 11.3 Å². The van der Waals surface area contributed by atoms with Crippen LogP contribution in [0, 0.1) is 0 Å². The van der Waals surface area contributed by atoms with E-state index >= 15 is 0 Å². The lowest BCUT2D eigenvalue weighted by Crippen LogP contribution is -2.37. The maximum atomic E-state index is 4.72.